The molecule has 2 aromatic heterocycles. The second kappa shape index (κ2) is 7.21. The molecule has 7 heteroatoms. The van der Waals surface area contributed by atoms with Crippen molar-refractivity contribution in [2.75, 3.05) is 13.1 Å². The summed E-state index contributed by atoms with van der Waals surface area (Å²) in [7, 11) is 0. The van der Waals surface area contributed by atoms with Crippen LogP contribution in [-0.4, -0.2) is 39.0 Å². The smallest absolute Gasteiger partial charge is 0.325 e. The van der Waals surface area contributed by atoms with Crippen LogP contribution in [-0.2, 0) is 4.79 Å². The number of carboxylic acid groups (broad SMARTS) is 1. The lowest BCUT2D eigenvalue weighted by Gasteiger charge is -2.34. The zero-order chi connectivity index (χ0) is 20.0. The van der Waals surface area contributed by atoms with Crippen LogP contribution in [0.4, 0.5) is 0 Å². The molecule has 6 nitrogen and oxygen atoms in total. The van der Waals surface area contributed by atoms with Crippen molar-refractivity contribution in [3.63, 3.8) is 0 Å². The van der Waals surface area contributed by atoms with Gasteiger partial charge in [-0.05, 0) is 43.2 Å². The SMILES string of the molecule is O=C(O)[C@@H](c1c[nH]c2ccc(Cl)cc12)N1CCC(c2nc3ccccc3o2)CC1. The predicted molar refractivity (Wildman–Crippen MR) is 111 cm³/mol. The van der Waals surface area contributed by atoms with Gasteiger partial charge in [0.15, 0.2) is 11.5 Å². The average molecular weight is 410 g/mol. The minimum Gasteiger partial charge on any atom is -0.480 e. The zero-order valence-corrected chi connectivity index (χ0v) is 16.4. The number of H-pyrrole nitrogens is 1. The maximum absolute atomic E-state index is 12.2. The second-order valence-corrected chi connectivity index (χ2v) is 7.94. The van der Waals surface area contributed by atoms with E-state index < -0.39 is 12.0 Å². The summed E-state index contributed by atoms with van der Waals surface area (Å²) >= 11 is 6.15. The quantitative estimate of drug-likeness (QED) is 0.497. The van der Waals surface area contributed by atoms with E-state index in [0.29, 0.717) is 18.1 Å². The molecule has 3 heterocycles. The molecule has 148 valence electrons. The Morgan fingerprint density at radius 1 is 1.24 bits per heavy atom. The molecule has 0 radical (unpaired) electrons. The number of hydrogen-bond acceptors (Lipinski definition) is 4. The van der Waals surface area contributed by atoms with Crippen LogP contribution in [0.2, 0.25) is 5.02 Å². The number of likely N-dealkylation sites (tertiary alicyclic amines) is 1. The summed E-state index contributed by atoms with van der Waals surface area (Å²) in [5.41, 5.74) is 3.29. The summed E-state index contributed by atoms with van der Waals surface area (Å²) in [6, 6.07) is 12.5. The van der Waals surface area contributed by atoms with E-state index in [2.05, 4.69) is 9.97 Å². The van der Waals surface area contributed by atoms with Gasteiger partial charge in [-0.2, -0.15) is 0 Å². The number of oxazole rings is 1. The first-order valence-electron chi connectivity index (χ1n) is 9.69. The number of benzene rings is 2. The van der Waals surface area contributed by atoms with E-state index in [1.165, 1.54) is 0 Å². The fourth-order valence-electron chi connectivity index (χ4n) is 4.30. The third-order valence-corrected chi connectivity index (χ3v) is 5.99. The molecule has 4 aromatic rings. The third-order valence-electron chi connectivity index (χ3n) is 5.76. The summed E-state index contributed by atoms with van der Waals surface area (Å²) in [5, 5.41) is 11.4. The Labute approximate surface area is 172 Å². The minimum absolute atomic E-state index is 0.200. The normalized spacial score (nSPS) is 17.1. The number of rotatable bonds is 4. The van der Waals surface area contributed by atoms with Crippen molar-refractivity contribution in [1.29, 1.82) is 0 Å². The fraction of sp³-hybridized carbons (Fsp3) is 0.273. The maximum Gasteiger partial charge on any atom is 0.325 e. The summed E-state index contributed by atoms with van der Waals surface area (Å²) in [4.78, 5) is 22.0. The Bertz CT molecular complexity index is 1160. The predicted octanol–water partition coefficient (Wildman–Crippen LogP) is 4.97. The first-order valence-corrected chi connectivity index (χ1v) is 10.1. The van der Waals surface area contributed by atoms with Crippen molar-refractivity contribution in [2.24, 2.45) is 0 Å². The molecule has 0 aliphatic carbocycles. The Hall–Kier alpha value is -2.83. The Morgan fingerprint density at radius 3 is 2.79 bits per heavy atom. The molecule has 2 N–H and O–H groups in total. The van der Waals surface area contributed by atoms with E-state index in [0.717, 1.165) is 46.3 Å². The number of fused-ring (bicyclic) bond motifs is 2. The zero-order valence-electron chi connectivity index (χ0n) is 15.6. The van der Waals surface area contributed by atoms with Gasteiger partial charge in [0.2, 0.25) is 0 Å². The molecular weight excluding hydrogens is 390 g/mol. The molecule has 2 aromatic carbocycles. The molecular formula is C22H20ClN3O3. The van der Waals surface area contributed by atoms with Crippen molar-refractivity contribution < 1.29 is 14.3 Å². The molecule has 29 heavy (non-hydrogen) atoms. The number of hydrogen-bond donors (Lipinski definition) is 2. The van der Waals surface area contributed by atoms with Gasteiger partial charge in [-0.1, -0.05) is 23.7 Å². The molecule has 0 bridgehead atoms. The van der Waals surface area contributed by atoms with Crippen molar-refractivity contribution in [3.8, 4) is 0 Å². The van der Waals surface area contributed by atoms with Crippen LogP contribution in [0.5, 0.6) is 0 Å². The van der Waals surface area contributed by atoms with Gasteiger partial charge >= 0.3 is 5.97 Å². The molecule has 5 rings (SSSR count). The number of carbonyl (C=O) groups is 1. The average Bonchev–Trinajstić information content (AvgIpc) is 3.33. The van der Waals surface area contributed by atoms with Crippen LogP contribution in [0.25, 0.3) is 22.0 Å². The molecule has 1 saturated heterocycles. The topological polar surface area (TPSA) is 82.4 Å². The highest BCUT2D eigenvalue weighted by Gasteiger charge is 2.34. The Balaban J connectivity index is 1.38. The number of para-hydroxylation sites is 2. The van der Waals surface area contributed by atoms with Crippen LogP contribution >= 0.6 is 11.6 Å². The first-order chi connectivity index (χ1) is 14.1. The lowest BCUT2D eigenvalue weighted by atomic mass is 9.94. The van der Waals surface area contributed by atoms with Gasteiger partial charge in [-0.3, -0.25) is 9.69 Å². The third kappa shape index (κ3) is 3.28. The van der Waals surface area contributed by atoms with Gasteiger partial charge < -0.3 is 14.5 Å². The molecule has 1 aliphatic rings. The van der Waals surface area contributed by atoms with E-state index in [4.69, 9.17) is 16.0 Å². The van der Waals surface area contributed by atoms with Crippen molar-refractivity contribution in [1.82, 2.24) is 14.9 Å². The summed E-state index contributed by atoms with van der Waals surface area (Å²) in [5.74, 6) is 0.0910. The van der Waals surface area contributed by atoms with E-state index in [9.17, 15) is 9.90 Å². The van der Waals surface area contributed by atoms with Gasteiger partial charge in [0.05, 0.1) is 0 Å². The molecule has 0 spiro atoms. The van der Waals surface area contributed by atoms with Crippen LogP contribution < -0.4 is 0 Å². The largest absolute Gasteiger partial charge is 0.480 e. The van der Waals surface area contributed by atoms with E-state index in [-0.39, 0.29) is 5.92 Å². The molecule has 0 saturated carbocycles. The lowest BCUT2D eigenvalue weighted by molar-refractivity contribution is -0.144. The van der Waals surface area contributed by atoms with Gasteiger partial charge in [0.1, 0.15) is 11.6 Å². The summed E-state index contributed by atoms with van der Waals surface area (Å²) in [6.45, 7) is 1.32. The van der Waals surface area contributed by atoms with Gasteiger partial charge in [-0.15, -0.1) is 0 Å². The number of halogens is 1. The van der Waals surface area contributed by atoms with E-state index in [1.807, 2.05) is 41.3 Å². The molecule has 0 amide bonds. The van der Waals surface area contributed by atoms with Crippen LogP contribution in [0.3, 0.4) is 0 Å². The number of aromatic amines is 1. The Kier molecular flexibility index (Phi) is 4.53. The molecule has 1 aliphatic heterocycles. The monoisotopic (exact) mass is 409 g/mol. The maximum atomic E-state index is 12.2. The van der Waals surface area contributed by atoms with Gasteiger partial charge in [0.25, 0.3) is 0 Å². The highest BCUT2D eigenvalue weighted by Crippen LogP contribution is 2.36. The van der Waals surface area contributed by atoms with Crippen molar-refractivity contribution in [3.05, 3.63) is 65.1 Å². The highest BCUT2D eigenvalue weighted by atomic mass is 35.5. The lowest BCUT2D eigenvalue weighted by Crippen LogP contribution is -2.39. The van der Waals surface area contributed by atoms with Crippen LogP contribution in [0, 0.1) is 0 Å². The summed E-state index contributed by atoms with van der Waals surface area (Å²) in [6.07, 6.45) is 3.39. The van der Waals surface area contributed by atoms with Gasteiger partial charge in [0, 0.05) is 46.7 Å². The van der Waals surface area contributed by atoms with Crippen molar-refractivity contribution >= 4 is 39.6 Å². The minimum atomic E-state index is -0.855. The van der Waals surface area contributed by atoms with Crippen LogP contribution in [0.1, 0.15) is 36.3 Å². The first kappa shape index (κ1) is 18.2. The second-order valence-electron chi connectivity index (χ2n) is 7.50. The Morgan fingerprint density at radius 2 is 2.03 bits per heavy atom. The summed E-state index contributed by atoms with van der Waals surface area (Å²) < 4.78 is 5.93. The van der Waals surface area contributed by atoms with Crippen LogP contribution in [0.15, 0.2) is 53.1 Å². The van der Waals surface area contributed by atoms with E-state index >= 15 is 0 Å². The number of piperidine rings is 1. The number of nitrogens with one attached hydrogen (secondary N) is 1. The number of aliphatic carboxylic acids is 1. The number of aromatic nitrogens is 2. The number of carboxylic acids is 1. The number of nitrogens with zero attached hydrogens (tertiary/aromatic N) is 2. The molecule has 0 unspecified atom stereocenters. The highest BCUT2D eigenvalue weighted by molar-refractivity contribution is 6.31. The standard InChI is InChI=1S/C22H20ClN3O3/c23-14-5-6-17-15(11-14)16(12-24-17)20(22(27)28)26-9-7-13(8-10-26)21-25-18-3-1-2-4-19(18)29-21/h1-6,11-13,20,24H,7-10H2,(H,27,28)/t20-/m1/s1. The van der Waals surface area contributed by atoms with Crippen molar-refractivity contribution in [2.45, 2.75) is 24.8 Å². The fourth-order valence-corrected chi connectivity index (χ4v) is 4.47. The van der Waals surface area contributed by atoms with Gasteiger partial charge in [-0.25, -0.2) is 4.98 Å². The van der Waals surface area contributed by atoms with E-state index in [1.54, 1.807) is 12.3 Å². The molecule has 1 atom stereocenters. The molecule has 1 fully saturated rings.